The van der Waals surface area contributed by atoms with E-state index in [2.05, 4.69) is 63.1 Å². The zero-order valence-electron chi connectivity index (χ0n) is 12.4. The summed E-state index contributed by atoms with van der Waals surface area (Å²) < 4.78 is 0. The van der Waals surface area contributed by atoms with Gasteiger partial charge in [0.1, 0.15) is 0 Å². The molecule has 0 saturated carbocycles. The molecule has 0 heterocycles. The molecule has 1 aromatic carbocycles. The summed E-state index contributed by atoms with van der Waals surface area (Å²) in [6.45, 7) is 6.28. The van der Waals surface area contributed by atoms with Crippen molar-refractivity contribution >= 4 is 0 Å². The third-order valence-electron chi connectivity index (χ3n) is 3.78. The fourth-order valence-corrected chi connectivity index (χ4v) is 2.41. The van der Waals surface area contributed by atoms with E-state index >= 15 is 0 Å². The van der Waals surface area contributed by atoms with Crippen LogP contribution in [0.4, 0.5) is 0 Å². The Morgan fingerprint density at radius 2 is 2.11 bits per heavy atom. The highest BCUT2D eigenvalue weighted by Crippen LogP contribution is 2.27. The molecule has 0 aliphatic rings. The molecule has 104 valence electrons. The molecule has 3 nitrogen and oxygen atoms in total. The summed E-state index contributed by atoms with van der Waals surface area (Å²) >= 11 is 0. The van der Waals surface area contributed by atoms with Crippen molar-refractivity contribution in [3.63, 3.8) is 0 Å². The maximum atomic E-state index is 8.87. The second-order valence-corrected chi connectivity index (χ2v) is 5.31. The summed E-state index contributed by atoms with van der Waals surface area (Å²) in [7, 11) is 2.06. The Balaban J connectivity index is 3.05. The minimum atomic E-state index is 0.0768. The highest BCUT2D eigenvalue weighted by Gasteiger charge is 2.26. The third kappa shape index (κ3) is 4.05. The summed E-state index contributed by atoms with van der Waals surface area (Å²) in [6.07, 6.45) is 1.44. The van der Waals surface area contributed by atoms with Crippen LogP contribution in [-0.2, 0) is 0 Å². The van der Waals surface area contributed by atoms with Crippen molar-refractivity contribution < 1.29 is 0 Å². The molecular weight excluding hydrogens is 234 g/mol. The van der Waals surface area contributed by atoms with Crippen LogP contribution in [-0.4, -0.2) is 24.0 Å². The van der Waals surface area contributed by atoms with Gasteiger partial charge in [-0.25, -0.2) is 0 Å². The van der Waals surface area contributed by atoms with Gasteiger partial charge in [0.25, 0.3) is 0 Å². The molecule has 0 aliphatic carbocycles. The Bertz CT molecular complexity index is 436. The van der Waals surface area contributed by atoms with E-state index < -0.39 is 0 Å². The lowest BCUT2D eigenvalue weighted by molar-refractivity contribution is 0.160. The number of nitriles is 1. The van der Waals surface area contributed by atoms with Crippen molar-refractivity contribution in [3.05, 3.63) is 35.4 Å². The Morgan fingerprint density at radius 3 is 2.63 bits per heavy atom. The van der Waals surface area contributed by atoms with Crippen LogP contribution in [0.25, 0.3) is 0 Å². The molecule has 19 heavy (non-hydrogen) atoms. The van der Waals surface area contributed by atoms with Crippen molar-refractivity contribution in [1.82, 2.24) is 4.90 Å². The first-order valence-electron chi connectivity index (χ1n) is 6.92. The van der Waals surface area contributed by atoms with Crippen LogP contribution in [0.15, 0.2) is 24.3 Å². The van der Waals surface area contributed by atoms with Crippen LogP contribution in [0.2, 0.25) is 0 Å². The van der Waals surface area contributed by atoms with Gasteiger partial charge < -0.3 is 5.73 Å². The molecule has 0 fully saturated rings. The number of hydrogen-bond acceptors (Lipinski definition) is 3. The van der Waals surface area contributed by atoms with Crippen molar-refractivity contribution in [2.75, 3.05) is 7.05 Å². The quantitative estimate of drug-likeness (QED) is 0.854. The molecule has 0 bridgehead atoms. The van der Waals surface area contributed by atoms with Gasteiger partial charge in [-0.2, -0.15) is 5.26 Å². The highest BCUT2D eigenvalue weighted by atomic mass is 15.2. The maximum absolute atomic E-state index is 8.87. The first-order valence-corrected chi connectivity index (χ1v) is 6.92. The summed E-state index contributed by atoms with van der Waals surface area (Å²) in [4.78, 5) is 2.23. The van der Waals surface area contributed by atoms with Crippen LogP contribution in [0.1, 0.15) is 43.9 Å². The van der Waals surface area contributed by atoms with E-state index in [1.807, 2.05) is 0 Å². The van der Waals surface area contributed by atoms with E-state index in [1.54, 1.807) is 0 Å². The van der Waals surface area contributed by atoms with Gasteiger partial charge in [-0.1, -0.05) is 36.8 Å². The zero-order valence-corrected chi connectivity index (χ0v) is 12.4. The van der Waals surface area contributed by atoms with Crippen molar-refractivity contribution in [3.8, 4) is 6.07 Å². The Labute approximate surface area is 117 Å². The largest absolute Gasteiger partial charge is 0.326 e. The molecule has 3 atom stereocenters. The van der Waals surface area contributed by atoms with Crippen molar-refractivity contribution in [1.29, 1.82) is 5.26 Å². The number of hydrogen-bond donors (Lipinski definition) is 1. The van der Waals surface area contributed by atoms with Gasteiger partial charge in [0.2, 0.25) is 0 Å². The topological polar surface area (TPSA) is 53.0 Å². The lowest BCUT2D eigenvalue weighted by Crippen LogP contribution is -2.42. The number of rotatable bonds is 6. The Hall–Kier alpha value is -1.37. The van der Waals surface area contributed by atoms with E-state index in [1.165, 1.54) is 11.1 Å². The van der Waals surface area contributed by atoms with Crippen molar-refractivity contribution in [2.45, 2.75) is 51.7 Å². The monoisotopic (exact) mass is 259 g/mol. The number of nitrogens with zero attached hydrogens (tertiary/aromatic N) is 2. The predicted molar refractivity (Wildman–Crippen MR) is 79.6 cm³/mol. The second kappa shape index (κ2) is 7.28. The molecular formula is C16H25N3. The normalized spacial score (nSPS) is 15.8. The lowest BCUT2D eigenvalue weighted by atomic mass is 9.94. The molecule has 1 aromatic rings. The van der Waals surface area contributed by atoms with E-state index in [-0.39, 0.29) is 18.1 Å². The molecule has 2 N–H and O–H groups in total. The van der Waals surface area contributed by atoms with Gasteiger partial charge in [-0.05, 0) is 32.9 Å². The Morgan fingerprint density at radius 1 is 1.42 bits per heavy atom. The average Bonchev–Trinajstić information content (AvgIpc) is 2.39. The predicted octanol–water partition coefficient (Wildman–Crippen LogP) is 3.01. The fourth-order valence-electron chi connectivity index (χ4n) is 2.41. The molecule has 1 rings (SSSR count). The molecule has 0 radical (unpaired) electrons. The van der Waals surface area contributed by atoms with Crippen LogP contribution < -0.4 is 5.73 Å². The molecule has 0 aliphatic heterocycles. The van der Waals surface area contributed by atoms with Crippen LogP contribution in [0, 0.1) is 18.3 Å². The molecule has 0 spiro atoms. The molecule has 0 aromatic heterocycles. The molecule has 0 saturated heterocycles. The number of nitrogens with two attached hydrogens (primary N) is 1. The van der Waals surface area contributed by atoms with Gasteiger partial charge in [-0.15, -0.1) is 0 Å². The van der Waals surface area contributed by atoms with Crippen LogP contribution >= 0.6 is 0 Å². The van der Waals surface area contributed by atoms with Crippen LogP contribution in [0.3, 0.4) is 0 Å². The maximum Gasteiger partial charge on any atom is 0.0638 e. The summed E-state index contributed by atoms with van der Waals surface area (Å²) in [6, 6.07) is 11.2. The average molecular weight is 259 g/mol. The first kappa shape index (κ1) is 15.7. The molecule has 3 unspecified atom stereocenters. The third-order valence-corrected chi connectivity index (χ3v) is 3.78. The lowest BCUT2D eigenvalue weighted by Gasteiger charge is -2.36. The van der Waals surface area contributed by atoms with Crippen molar-refractivity contribution in [2.24, 2.45) is 5.73 Å². The second-order valence-electron chi connectivity index (χ2n) is 5.31. The smallest absolute Gasteiger partial charge is 0.0638 e. The highest BCUT2D eigenvalue weighted by molar-refractivity contribution is 5.26. The van der Waals surface area contributed by atoms with E-state index in [9.17, 15) is 0 Å². The summed E-state index contributed by atoms with van der Waals surface area (Å²) in [5.74, 6) is 0. The minimum Gasteiger partial charge on any atom is -0.326 e. The Kier molecular flexibility index (Phi) is 6.01. The zero-order chi connectivity index (χ0) is 14.4. The minimum absolute atomic E-state index is 0.0768. The van der Waals surface area contributed by atoms with E-state index in [0.29, 0.717) is 6.42 Å². The van der Waals surface area contributed by atoms with E-state index in [0.717, 1.165) is 6.42 Å². The van der Waals surface area contributed by atoms with Gasteiger partial charge in [0.05, 0.1) is 12.5 Å². The molecule has 3 heteroatoms. The standard InChI is InChI=1S/C16H25N3/c1-5-15(18)16(19(4)13(3)9-10-17)14-8-6-7-12(2)11-14/h6-8,11,13,15-16H,5,9,18H2,1-4H3. The van der Waals surface area contributed by atoms with Gasteiger partial charge in [0, 0.05) is 18.1 Å². The van der Waals surface area contributed by atoms with Crippen LogP contribution in [0.5, 0.6) is 0 Å². The van der Waals surface area contributed by atoms with Gasteiger partial charge in [-0.3, -0.25) is 4.90 Å². The number of benzene rings is 1. The van der Waals surface area contributed by atoms with Gasteiger partial charge >= 0.3 is 0 Å². The van der Waals surface area contributed by atoms with Gasteiger partial charge in [0.15, 0.2) is 0 Å². The molecule has 0 amide bonds. The van der Waals surface area contributed by atoms with E-state index in [4.69, 9.17) is 11.0 Å². The number of likely N-dealkylation sites (N-methyl/N-ethyl adjacent to an activating group) is 1. The summed E-state index contributed by atoms with van der Waals surface area (Å²) in [5, 5.41) is 8.87. The first-order chi connectivity index (χ1) is 9.01. The number of aryl methyl sites for hydroxylation is 1. The summed E-state index contributed by atoms with van der Waals surface area (Å²) in [5.41, 5.74) is 8.79. The fraction of sp³-hybridized carbons (Fsp3) is 0.562. The SMILES string of the molecule is CCC(N)C(c1cccc(C)c1)N(C)C(C)CC#N.